The summed E-state index contributed by atoms with van der Waals surface area (Å²) in [6, 6.07) is 15.5. The van der Waals surface area contributed by atoms with Gasteiger partial charge in [-0.15, -0.1) is 0 Å². The van der Waals surface area contributed by atoms with Crippen molar-refractivity contribution < 1.29 is 14.3 Å². The third-order valence-corrected chi connectivity index (χ3v) is 4.04. The maximum atomic E-state index is 12.7. The summed E-state index contributed by atoms with van der Waals surface area (Å²) in [5, 5.41) is 0. The van der Waals surface area contributed by atoms with Gasteiger partial charge in [0, 0.05) is 31.3 Å². The van der Waals surface area contributed by atoms with Gasteiger partial charge in [0.2, 0.25) is 0 Å². The molecule has 0 bridgehead atoms. The molecule has 0 fully saturated rings. The van der Waals surface area contributed by atoms with E-state index in [2.05, 4.69) is 6.92 Å². The van der Waals surface area contributed by atoms with Gasteiger partial charge in [0.1, 0.15) is 5.75 Å². The van der Waals surface area contributed by atoms with Crippen LogP contribution in [0.25, 0.3) is 0 Å². The first-order valence-electron chi connectivity index (χ1n) is 8.69. The zero-order valence-corrected chi connectivity index (χ0v) is 15.3. The topological polar surface area (TPSA) is 38.8 Å². The molecule has 2 rings (SSSR count). The second-order valence-corrected chi connectivity index (χ2v) is 6.08. The van der Waals surface area contributed by atoms with Gasteiger partial charge in [-0.05, 0) is 30.2 Å². The zero-order chi connectivity index (χ0) is 18.1. The van der Waals surface area contributed by atoms with Gasteiger partial charge in [0.25, 0.3) is 5.91 Å². The van der Waals surface area contributed by atoms with Gasteiger partial charge < -0.3 is 14.4 Å². The Morgan fingerprint density at radius 3 is 2.56 bits per heavy atom. The van der Waals surface area contributed by atoms with E-state index in [1.54, 1.807) is 18.1 Å². The molecule has 0 N–H and O–H groups in total. The number of benzene rings is 2. The highest BCUT2D eigenvalue weighted by molar-refractivity contribution is 5.94. The molecule has 0 aromatic heterocycles. The molecule has 0 atom stereocenters. The van der Waals surface area contributed by atoms with Crippen molar-refractivity contribution in [2.45, 2.75) is 32.9 Å². The third-order valence-electron chi connectivity index (χ3n) is 4.04. The number of nitrogens with zero attached hydrogens (tertiary/aromatic N) is 1. The smallest absolute Gasteiger partial charge is 0.253 e. The predicted octanol–water partition coefficient (Wildman–Crippen LogP) is 4.28. The van der Waals surface area contributed by atoms with Crippen molar-refractivity contribution in [3.8, 4) is 5.75 Å². The second-order valence-electron chi connectivity index (χ2n) is 6.08. The van der Waals surface area contributed by atoms with Crippen LogP contribution in [0.1, 0.15) is 41.3 Å². The monoisotopic (exact) mass is 341 g/mol. The molecule has 2 aromatic rings. The predicted molar refractivity (Wildman–Crippen MR) is 99.8 cm³/mol. The van der Waals surface area contributed by atoms with Crippen molar-refractivity contribution in [1.82, 2.24) is 4.90 Å². The van der Waals surface area contributed by atoms with Gasteiger partial charge in [-0.25, -0.2) is 0 Å². The number of methoxy groups -OCH3 is 1. The van der Waals surface area contributed by atoms with Crippen LogP contribution in [0.4, 0.5) is 0 Å². The molecule has 134 valence electrons. The van der Waals surface area contributed by atoms with Crippen LogP contribution in [0.15, 0.2) is 48.5 Å². The highest BCUT2D eigenvalue weighted by atomic mass is 16.5. The van der Waals surface area contributed by atoms with E-state index in [0.29, 0.717) is 25.3 Å². The van der Waals surface area contributed by atoms with E-state index in [1.807, 2.05) is 49.5 Å². The van der Waals surface area contributed by atoms with Gasteiger partial charge in [-0.2, -0.15) is 0 Å². The van der Waals surface area contributed by atoms with E-state index in [4.69, 9.17) is 9.47 Å². The number of hydrogen-bond donors (Lipinski definition) is 0. The molecule has 1 amide bonds. The molecule has 0 unspecified atom stereocenters. The Morgan fingerprint density at radius 2 is 1.88 bits per heavy atom. The maximum absolute atomic E-state index is 12.7. The molecule has 2 aromatic carbocycles. The number of carbonyl (C=O) groups excluding carboxylic acids is 1. The Morgan fingerprint density at radius 1 is 1.12 bits per heavy atom. The number of carbonyl (C=O) groups is 1. The Hall–Kier alpha value is -2.33. The molecule has 4 heteroatoms. The summed E-state index contributed by atoms with van der Waals surface area (Å²) in [6.45, 7) is 3.87. The average molecular weight is 341 g/mol. The summed E-state index contributed by atoms with van der Waals surface area (Å²) in [6.07, 6.45) is 2.13. The van der Waals surface area contributed by atoms with Crippen LogP contribution in [0.2, 0.25) is 0 Å². The Bertz CT molecular complexity index is 670. The number of amides is 1. The molecule has 0 aliphatic carbocycles. The summed E-state index contributed by atoms with van der Waals surface area (Å²) in [4.78, 5) is 14.4. The molecule has 0 radical (unpaired) electrons. The standard InChI is InChI=1S/C21H27NO3/c1-4-5-13-25-16-19-14-18(11-12-20(19)24-3)21(23)22(2)15-17-9-7-6-8-10-17/h6-12,14H,4-5,13,15-16H2,1-3H3. The third kappa shape index (κ3) is 5.61. The number of unbranched alkanes of at least 4 members (excludes halogenated alkanes) is 1. The summed E-state index contributed by atoms with van der Waals surface area (Å²) in [5.74, 6) is 0.736. The molecule has 0 spiro atoms. The molecule has 0 saturated heterocycles. The molecule has 0 aliphatic rings. The van der Waals surface area contributed by atoms with Gasteiger partial charge in [0.15, 0.2) is 0 Å². The fraction of sp³-hybridized carbons (Fsp3) is 0.381. The van der Waals surface area contributed by atoms with Crippen molar-refractivity contribution in [3.63, 3.8) is 0 Å². The highest BCUT2D eigenvalue weighted by Crippen LogP contribution is 2.22. The Labute approximate surface area is 150 Å². The normalized spacial score (nSPS) is 10.5. The van der Waals surface area contributed by atoms with E-state index in [0.717, 1.165) is 29.7 Å². The first-order chi connectivity index (χ1) is 12.2. The molecule has 0 heterocycles. The molecule has 4 nitrogen and oxygen atoms in total. The van der Waals surface area contributed by atoms with Crippen LogP contribution in [0, 0.1) is 0 Å². The van der Waals surface area contributed by atoms with E-state index >= 15 is 0 Å². The highest BCUT2D eigenvalue weighted by Gasteiger charge is 2.14. The number of ether oxygens (including phenoxy) is 2. The van der Waals surface area contributed by atoms with Crippen LogP contribution in [0.5, 0.6) is 5.75 Å². The summed E-state index contributed by atoms with van der Waals surface area (Å²) in [7, 11) is 3.45. The summed E-state index contributed by atoms with van der Waals surface area (Å²) in [5.41, 5.74) is 2.65. The lowest BCUT2D eigenvalue weighted by Crippen LogP contribution is -2.26. The molecule has 0 aliphatic heterocycles. The second kappa shape index (κ2) is 9.84. The fourth-order valence-electron chi connectivity index (χ4n) is 2.60. The van der Waals surface area contributed by atoms with E-state index in [-0.39, 0.29) is 5.91 Å². The van der Waals surface area contributed by atoms with Gasteiger partial charge >= 0.3 is 0 Å². The van der Waals surface area contributed by atoms with Crippen molar-refractivity contribution in [2.24, 2.45) is 0 Å². The van der Waals surface area contributed by atoms with Crippen molar-refractivity contribution in [1.29, 1.82) is 0 Å². The molecular weight excluding hydrogens is 314 g/mol. The van der Waals surface area contributed by atoms with Gasteiger partial charge in [-0.3, -0.25) is 4.79 Å². The Balaban J connectivity index is 2.07. The minimum Gasteiger partial charge on any atom is -0.496 e. The molecule has 25 heavy (non-hydrogen) atoms. The zero-order valence-electron chi connectivity index (χ0n) is 15.3. The summed E-state index contributed by atoms with van der Waals surface area (Å²) >= 11 is 0. The minimum atomic E-state index is -0.0127. The van der Waals surface area contributed by atoms with E-state index in [1.165, 1.54) is 0 Å². The van der Waals surface area contributed by atoms with Gasteiger partial charge in [0.05, 0.1) is 13.7 Å². The SMILES string of the molecule is CCCCOCc1cc(C(=O)N(C)Cc2ccccc2)ccc1OC. The quantitative estimate of drug-likeness (QED) is 0.639. The van der Waals surface area contributed by atoms with Crippen LogP contribution >= 0.6 is 0 Å². The minimum absolute atomic E-state index is 0.0127. The lowest BCUT2D eigenvalue weighted by atomic mass is 10.1. The number of hydrogen-bond acceptors (Lipinski definition) is 3. The van der Waals surface area contributed by atoms with E-state index < -0.39 is 0 Å². The van der Waals surface area contributed by atoms with Crippen molar-refractivity contribution >= 4 is 5.91 Å². The molecule has 0 saturated carbocycles. The molecular formula is C21H27NO3. The van der Waals surface area contributed by atoms with Crippen molar-refractivity contribution in [3.05, 3.63) is 65.2 Å². The first-order valence-corrected chi connectivity index (χ1v) is 8.69. The van der Waals surface area contributed by atoms with E-state index in [9.17, 15) is 4.79 Å². The lowest BCUT2D eigenvalue weighted by Gasteiger charge is -2.18. The van der Waals surface area contributed by atoms with Gasteiger partial charge in [-0.1, -0.05) is 43.7 Å². The van der Waals surface area contributed by atoms with Crippen LogP contribution in [-0.4, -0.2) is 31.6 Å². The largest absolute Gasteiger partial charge is 0.496 e. The summed E-state index contributed by atoms with van der Waals surface area (Å²) < 4.78 is 11.1. The Kier molecular flexibility index (Phi) is 7.48. The van der Waals surface area contributed by atoms with Crippen LogP contribution in [0.3, 0.4) is 0 Å². The average Bonchev–Trinajstić information content (AvgIpc) is 2.65. The van der Waals surface area contributed by atoms with Crippen LogP contribution in [-0.2, 0) is 17.9 Å². The van der Waals surface area contributed by atoms with Crippen LogP contribution < -0.4 is 4.74 Å². The first kappa shape index (κ1) is 19.0. The fourth-order valence-corrected chi connectivity index (χ4v) is 2.60. The van der Waals surface area contributed by atoms with Crippen molar-refractivity contribution in [2.75, 3.05) is 20.8 Å². The number of rotatable bonds is 9. The maximum Gasteiger partial charge on any atom is 0.253 e. The lowest BCUT2D eigenvalue weighted by molar-refractivity contribution is 0.0784.